The zero-order chi connectivity index (χ0) is 20.7. The van der Waals surface area contributed by atoms with Crippen LogP contribution < -0.4 is 10.0 Å². The number of aromatic nitrogens is 2. The van der Waals surface area contributed by atoms with E-state index in [-0.39, 0.29) is 23.8 Å². The number of aliphatic hydroxyl groups is 1. The van der Waals surface area contributed by atoms with E-state index in [1.165, 1.54) is 18.5 Å². The number of carbonyl (C=O) groups excluding carboxylic acids is 1. The molecule has 2 aromatic rings. The van der Waals surface area contributed by atoms with Gasteiger partial charge in [0.05, 0.1) is 42.3 Å². The van der Waals surface area contributed by atoms with Crippen LogP contribution in [0.5, 0.6) is 0 Å². The summed E-state index contributed by atoms with van der Waals surface area (Å²) in [6.07, 6.45) is 4.87. The zero-order valence-electron chi connectivity index (χ0n) is 15.5. The van der Waals surface area contributed by atoms with E-state index in [1.807, 2.05) is 0 Å². The van der Waals surface area contributed by atoms with Gasteiger partial charge in [0.25, 0.3) is 0 Å². The quantitative estimate of drug-likeness (QED) is 0.520. The molecule has 9 nitrogen and oxygen atoms in total. The van der Waals surface area contributed by atoms with E-state index in [4.69, 9.17) is 4.74 Å². The number of benzene rings is 1. The number of nitrogens with zero attached hydrogens (tertiary/aromatic N) is 2. The molecule has 0 bridgehead atoms. The third-order valence-electron chi connectivity index (χ3n) is 4.30. The topological polar surface area (TPSA) is 131 Å². The average molecular weight is 418 g/mol. The van der Waals surface area contributed by atoms with Gasteiger partial charge < -0.3 is 15.2 Å². The monoisotopic (exact) mass is 418 g/mol. The molecule has 1 aliphatic rings. The van der Waals surface area contributed by atoms with E-state index < -0.39 is 34.9 Å². The van der Waals surface area contributed by atoms with Crippen molar-refractivity contribution in [3.05, 3.63) is 66.8 Å². The number of amides is 1. The molecule has 0 unspecified atom stereocenters. The van der Waals surface area contributed by atoms with Crippen LogP contribution in [-0.2, 0) is 26.1 Å². The van der Waals surface area contributed by atoms with Crippen LogP contribution in [0.2, 0.25) is 0 Å². The van der Waals surface area contributed by atoms with Gasteiger partial charge in [-0.1, -0.05) is 30.4 Å². The fourth-order valence-corrected chi connectivity index (χ4v) is 4.06. The number of hydrogen-bond acceptors (Lipinski definition) is 7. The molecular weight excluding hydrogens is 396 g/mol. The lowest BCUT2D eigenvalue weighted by atomic mass is 10.1. The smallest absolute Gasteiger partial charge is 0.241 e. The van der Waals surface area contributed by atoms with Crippen molar-refractivity contribution in [1.82, 2.24) is 20.0 Å². The molecule has 29 heavy (non-hydrogen) atoms. The number of rotatable bonds is 8. The summed E-state index contributed by atoms with van der Waals surface area (Å²) in [4.78, 5) is 20.1. The van der Waals surface area contributed by atoms with Crippen molar-refractivity contribution in [2.45, 2.75) is 36.1 Å². The highest BCUT2D eigenvalue weighted by Gasteiger charge is 2.31. The van der Waals surface area contributed by atoms with Crippen molar-refractivity contribution >= 4 is 15.9 Å². The summed E-state index contributed by atoms with van der Waals surface area (Å²) in [5.41, 5.74) is 0.678. The first-order chi connectivity index (χ1) is 14.0. The Bertz CT molecular complexity index is 938. The lowest BCUT2D eigenvalue weighted by Crippen LogP contribution is -2.49. The van der Waals surface area contributed by atoms with Crippen LogP contribution in [0.3, 0.4) is 0 Å². The summed E-state index contributed by atoms with van der Waals surface area (Å²) < 4.78 is 33.2. The predicted molar refractivity (Wildman–Crippen MR) is 104 cm³/mol. The second-order valence-corrected chi connectivity index (χ2v) is 8.14. The molecule has 1 aromatic heterocycles. The summed E-state index contributed by atoms with van der Waals surface area (Å²) in [5, 5.41) is 12.4. The second kappa shape index (κ2) is 9.70. The summed E-state index contributed by atoms with van der Waals surface area (Å²) in [5.74, 6) is -0.252. The fourth-order valence-electron chi connectivity index (χ4n) is 2.82. The fraction of sp³-hybridized carbons (Fsp3) is 0.316. The zero-order valence-corrected chi connectivity index (χ0v) is 16.3. The summed E-state index contributed by atoms with van der Waals surface area (Å²) in [7, 11) is -3.77. The predicted octanol–water partition coefficient (Wildman–Crippen LogP) is 0.146. The Labute approximate surface area is 168 Å². The molecule has 0 saturated heterocycles. The highest BCUT2D eigenvalue weighted by atomic mass is 32.2. The number of sulfonamides is 1. The van der Waals surface area contributed by atoms with Gasteiger partial charge in [-0.3, -0.25) is 4.79 Å². The SMILES string of the molecule is O=C(C[C@@H]1C=C[C@@H](NS(=O)(=O)c2ccccc2)[C@@H](CO)O1)NCc1ccncn1. The summed E-state index contributed by atoms with van der Waals surface area (Å²) >= 11 is 0. The molecule has 3 rings (SSSR count). The van der Waals surface area contributed by atoms with Crippen molar-refractivity contribution in [3.8, 4) is 0 Å². The van der Waals surface area contributed by atoms with Crippen molar-refractivity contribution in [2.24, 2.45) is 0 Å². The molecule has 1 aliphatic heterocycles. The Morgan fingerprint density at radius 3 is 2.66 bits per heavy atom. The van der Waals surface area contributed by atoms with Gasteiger partial charge >= 0.3 is 0 Å². The standard InChI is InChI=1S/C19H22N4O5S/c24-12-18-17(23-29(26,27)16-4-2-1-3-5-16)7-6-15(28-18)10-19(25)21-11-14-8-9-20-13-22-14/h1-9,13,15,17-18,23-24H,10-12H2,(H,21,25)/t15-,17+,18+/m0/s1. The van der Waals surface area contributed by atoms with Crippen LogP contribution >= 0.6 is 0 Å². The molecule has 0 radical (unpaired) electrons. The molecule has 10 heteroatoms. The first-order valence-electron chi connectivity index (χ1n) is 9.01. The first-order valence-corrected chi connectivity index (χ1v) is 10.5. The second-order valence-electron chi connectivity index (χ2n) is 6.42. The van der Waals surface area contributed by atoms with Crippen LogP contribution in [0.25, 0.3) is 0 Å². The van der Waals surface area contributed by atoms with Crippen molar-refractivity contribution < 1.29 is 23.1 Å². The van der Waals surface area contributed by atoms with Gasteiger partial charge in [-0.15, -0.1) is 0 Å². The van der Waals surface area contributed by atoms with Crippen molar-refractivity contribution in [2.75, 3.05) is 6.61 Å². The van der Waals surface area contributed by atoms with Gasteiger partial charge in [0.2, 0.25) is 15.9 Å². The largest absolute Gasteiger partial charge is 0.394 e. The summed E-state index contributed by atoms with van der Waals surface area (Å²) in [6.45, 7) is -0.133. The number of nitrogens with one attached hydrogen (secondary N) is 2. The number of ether oxygens (including phenoxy) is 1. The van der Waals surface area contributed by atoms with Crippen LogP contribution in [0, 0.1) is 0 Å². The Balaban J connectivity index is 1.57. The molecule has 0 aliphatic carbocycles. The molecule has 0 spiro atoms. The Kier molecular flexibility index (Phi) is 7.04. The molecule has 3 N–H and O–H groups in total. The lowest BCUT2D eigenvalue weighted by molar-refractivity contribution is -0.125. The Morgan fingerprint density at radius 2 is 1.97 bits per heavy atom. The van der Waals surface area contributed by atoms with Crippen LogP contribution in [0.1, 0.15) is 12.1 Å². The molecule has 3 atom stereocenters. The molecular formula is C19H22N4O5S. The van der Waals surface area contributed by atoms with Crippen molar-refractivity contribution in [3.63, 3.8) is 0 Å². The van der Waals surface area contributed by atoms with E-state index in [2.05, 4.69) is 20.0 Å². The molecule has 0 saturated carbocycles. The molecule has 1 amide bonds. The maximum Gasteiger partial charge on any atom is 0.241 e. The average Bonchev–Trinajstić information content (AvgIpc) is 2.74. The minimum atomic E-state index is -3.77. The lowest BCUT2D eigenvalue weighted by Gasteiger charge is -2.31. The molecule has 2 heterocycles. The third kappa shape index (κ3) is 5.91. The van der Waals surface area contributed by atoms with Gasteiger partial charge in [0.1, 0.15) is 12.4 Å². The van der Waals surface area contributed by atoms with E-state index in [0.717, 1.165) is 0 Å². The van der Waals surface area contributed by atoms with Crippen LogP contribution in [0.4, 0.5) is 0 Å². The highest BCUT2D eigenvalue weighted by Crippen LogP contribution is 2.18. The minimum absolute atomic E-state index is 0.0379. The summed E-state index contributed by atoms with van der Waals surface area (Å²) in [6, 6.07) is 8.89. The van der Waals surface area contributed by atoms with E-state index >= 15 is 0 Å². The van der Waals surface area contributed by atoms with Gasteiger partial charge in [0.15, 0.2) is 0 Å². The first kappa shape index (κ1) is 21.1. The molecule has 1 aromatic carbocycles. The Hall–Kier alpha value is -2.66. The number of aliphatic hydroxyl groups excluding tert-OH is 1. The normalized spacial score (nSPS) is 21.6. The minimum Gasteiger partial charge on any atom is -0.394 e. The van der Waals surface area contributed by atoms with Gasteiger partial charge in [-0.2, -0.15) is 0 Å². The highest BCUT2D eigenvalue weighted by molar-refractivity contribution is 7.89. The molecule has 154 valence electrons. The number of carbonyl (C=O) groups is 1. The van der Waals surface area contributed by atoms with E-state index in [1.54, 1.807) is 42.6 Å². The number of hydrogen-bond donors (Lipinski definition) is 3. The van der Waals surface area contributed by atoms with Gasteiger partial charge in [0, 0.05) is 6.20 Å². The third-order valence-corrected chi connectivity index (χ3v) is 5.78. The van der Waals surface area contributed by atoms with Crippen LogP contribution in [-0.4, -0.2) is 54.3 Å². The van der Waals surface area contributed by atoms with Gasteiger partial charge in [-0.25, -0.2) is 23.1 Å². The van der Waals surface area contributed by atoms with E-state index in [0.29, 0.717) is 5.69 Å². The maximum atomic E-state index is 12.5. The maximum absolute atomic E-state index is 12.5. The van der Waals surface area contributed by atoms with Crippen molar-refractivity contribution in [1.29, 1.82) is 0 Å². The van der Waals surface area contributed by atoms with Gasteiger partial charge in [-0.05, 0) is 18.2 Å². The molecule has 0 fully saturated rings. The van der Waals surface area contributed by atoms with Crippen LogP contribution in [0.15, 0.2) is 66.0 Å². The Morgan fingerprint density at radius 1 is 1.17 bits per heavy atom. The van der Waals surface area contributed by atoms with E-state index in [9.17, 15) is 18.3 Å².